The van der Waals surface area contributed by atoms with Gasteiger partial charge in [-0.25, -0.2) is 4.39 Å². The molecule has 0 bridgehead atoms. The standard InChI is InChI=1S/C24H25FN2O/c25-20-5-1-3-16(11-20)12-24(28)23-14-19-13-17(6-9-22(19)26-23)18-4-2-10-27(15-18)21-7-8-21/h1,3,5-6,9,11,13-14,18,21,26H,2,4,7-8,10,12,15H2. The van der Waals surface area contributed by atoms with Crippen LogP contribution < -0.4 is 0 Å². The molecule has 144 valence electrons. The third-order valence-electron chi connectivity index (χ3n) is 6.19. The molecule has 1 aliphatic heterocycles. The third kappa shape index (κ3) is 3.61. The summed E-state index contributed by atoms with van der Waals surface area (Å²) >= 11 is 0. The molecule has 2 aliphatic rings. The number of fused-ring (bicyclic) bond motifs is 1. The first-order valence-electron chi connectivity index (χ1n) is 10.3. The van der Waals surface area contributed by atoms with Crippen LogP contribution in [-0.2, 0) is 6.42 Å². The Morgan fingerprint density at radius 1 is 1.11 bits per heavy atom. The molecule has 5 rings (SSSR count). The third-order valence-corrected chi connectivity index (χ3v) is 6.19. The lowest BCUT2D eigenvalue weighted by Gasteiger charge is -2.33. The number of ketones is 1. The molecule has 28 heavy (non-hydrogen) atoms. The Morgan fingerprint density at radius 3 is 2.82 bits per heavy atom. The van der Waals surface area contributed by atoms with E-state index < -0.39 is 0 Å². The minimum atomic E-state index is -0.306. The van der Waals surface area contributed by atoms with Crippen LogP contribution in [0.4, 0.5) is 4.39 Å². The van der Waals surface area contributed by atoms with E-state index in [9.17, 15) is 9.18 Å². The smallest absolute Gasteiger partial charge is 0.183 e. The maximum Gasteiger partial charge on any atom is 0.183 e. The number of H-pyrrole nitrogens is 1. The van der Waals surface area contributed by atoms with Gasteiger partial charge in [0.05, 0.1) is 5.69 Å². The van der Waals surface area contributed by atoms with Crippen molar-refractivity contribution in [1.82, 2.24) is 9.88 Å². The van der Waals surface area contributed by atoms with Crippen molar-refractivity contribution >= 4 is 16.7 Å². The number of likely N-dealkylation sites (tertiary alicyclic amines) is 1. The normalized spacial score (nSPS) is 20.5. The summed E-state index contributed by atoms with van der Waals surface area (Å²) in [5.41, 5.74) is 3.66. The van der Waals surface area contributed by atoms with Gasteiger partial charge in [-0.15, -0.1) is 0 Å². The number of aromatic amines is 1. The molecular formula is C24H25FN2O. The minimum Gasteiger partial charge on any atom is -0.352 e. The molecule has 1 aliphatic carbocycles. The number of nitrogens with one attached hydrogen (secondary N) is 1. The molecule has 0 amide bonds. The van der Waals surface area contributed by atoms with E-state index in [1.165, 1.54) is 49.9 Å². The zero-order valence-electron chi connectivity index (χ0n) is 16.0. The second kappa shape index (κ2) is 7.17. The zero-order valence-corrected chi connectivity index (χ0v) is 16.0. The van der Waals surface area contributed by atoms with E-state index in [-0.39, 0.29) is 18.0 Å². The van der Waals surface area contributed by atoms with Crippen LogP contribution >= 0.6 is 0 Å². The number of aromatic nitrogens is 1. The summed E-state index contributed by atoms with van der Waals surface area (Å²) in [5, 5.41) is 1.09. The van der Waals surface area contributed by atoms with Gasteiger partial charge < -0.3 is 4.98 Å². The Bertz CT molecular complexity index is 1020. The molecule has 1 N–H and O–H groups in total. The van der Waals surface area contributed by atoms with E-state index in [0.717, 1.165) is 23.5 Å². The number of piperidine rings is 1. The van der Waals surface area contributed by atoms with Crippen LogP contribution in [0.25, 0.3) is 10.9 Å². The number of Topliss-reactive ketones (excluding diaryl/α,β-unsaturated/α-hetero) is 1. The van der Waals surface area contributed by atoms with Crippen molar-refractivity contribution < 1.29 is 9.18 Å². The highest BCUT2D eigenvalue weighted by atomic mass is 19.1. The molecule has 2 heterocycles. The number of rotatable bonds is 5. The van der Waals surface area contributed by atoms with Crippen LogP contribution in [0.2, 0.25) is 0 Å². The molecular weight excluding hydrogens is 351 g/mol. The molecule has 3 nitrogen and oxygen atoms in total. The summed E-state index contributed by atoms with van der Waals surface area (Å²) in [6.07, 6.45) is 5.44. The molecule has 1 saturated carbocycles. The summed E-state index contributed by atoms with van der Waals surface area (Å²) in [4.78, 5) is 18.5. The fourth-order valence-corrected chi connectivity index (χ4v) is 4.53. The Kier molecular flexibility index (Phi) is 4.52. The van der Waals surface area contributed by atoms with E-state index in [1.807, 2.05) is 6.07 Å². The van der Waals surface area contributed by atoms with Crippen molar-refractivity contribution in [3.8, 4) is 0 Å². The summed E-state index contributed by atoms with van der Waals surface area (Å²) < 4.78 is 13.4. The van der Waals surface area contributed by atoms with Crippen molar-refractivity contribution in [2.75, 3.05) is 13.1 Å². The molecule has 1 unspecified atom stereocenters. The van der Waals surface area contributed by atoms with Crippen LogP contribution in [0.5, 0.6) is 0 Å². The molecule has 0 spiro atoms. The number of halogens is 1. The number of hydrogen-bond donors (Lipinski definition) is 1. The van der Waals surface area contributed by atoms with Gasteiger partial charge in [-0.05, 0) is 79.6 Å². The van der Waals surface area contributed by atoms with Gasteiger partial charge >= 0.3 is 0 Å². The number of carbonyl (C=O) groups is 1. The van der Waals surface area contributed by atoms with E-state index in [2.05, 4.69) is 28.1 Å². The Hall–Kier alpha value is -2.46. The van der Waals surface area contributed by atoms with Gasteiger partial charge in [-0.2, -0.15) is 0 Å². The molecule has 0 radical (unpaired) electrons. The van der Waals surface area contributed by atoms with Gasteiger partial charge in [0.25, 0.3) is 0 Å². The quantitative estimate of drug-likeness (QED) is 0.631. The minimum absolute atomic E-state index is 0.0130. The van der Waals surface area contributed by atoms with Crippen LogP contribution in [0.1, 0.15) is 53.2 Å². The van der Waals surface area contributed by atoms with Gasteiger partial charge in [0.1, 0.15) is 5.82 Å². The van der Waals surface area contributed by atoms with Crippen molar-refractivity contribution in [3.63, 3.8) is 0 Å². The van der Waals surface area contributed by atoms with Crippen LogP contribution in [0.3, 0.4) is 0 Å². The summed E-state index contributed by atoms with van der Waals surface area (Å²) in [6, 6.07) is 15.6. The second-order valence-electron chi connectivity index (χ2n) is 8.32. The van der Waals surface area contributed by atoms with E-state index >= 15 is 0 Å². The van der Waals surface area contributed by atoms with E-state index in [0.29, 0.717) is 17.2 Å². The summed E-state index contributed by atoms with van der Waals surface area (Å²) in [6.45, 7) is 2.40. The predicted molar refractivity (Wildman–Crippen MR) is 109 cm³/mol. The first kappa shape index (κ1) is 17.6. The summed E-state index contributed by atoms with van der Waals surface area (Å²) in [5.74, 6) is 0.264. The lowest BCUT2D eigenvalue weighted by Crippen LogP contribution is -2.35. The van der Waals surface area contributed by atoms with Gasteiger partial charge in [0, 0.05) is 29.9 Å². The SMILES string of the molecule is O=C(Cc1cccc(F)c1)c1cc2cc(C3CCCN(C4CC4)C3)ccc2[nH]1. The number of carbonyl (C=O) groups excluding carboxylic acids is 1. The first-order chi connectivity index (χ1) is 13.7. The maximum absolute atomic E-state index is 13.4. The van der Waals surface area contributed by atoms with Crippen LogP contribution in [0.15, 0.2) is 48.5 Å². The fraction of sp³-hybridized carbons (Fsp3) is 0.375. The van der Waals surface area contributed by atoms with Gasteiger partial charge in [0.2, 0.25) is 0 Å². The lowest BCUT2D eigenvalue weighted by atomic mass is 9.90. The molecule has 1 saturated heterocycles. The Labute approximate surface area is 164 Å². The van der Waals surface area contributed by atoms with E-state index in [4.69, 9.17) is 0 Å². The highest BCUT2D eigenvalue weighted by molar-refractivity contribution is 6.00. The van der Waals surface area contributed by atoms with E-state index in [1.54, 1.807) is 12.1 Å². The second-order valence-corrected chi connectivity index (χ2v) is 8.32. The predicted octanol–water partition coefficient (Wildman–Crippen LogP) is 5.07. The van der Waals surface area contributed by atoms with Crippen LogP contribution in [-0.4, -0.2) is 34.8 Å². The number of nitrogens with zero attached hydrogens (tertiary/aromatic N) is 1. The average molecular weight is 376 g/mol. The molecule has 1 aromatic heterocycles. The Morgan fingerprint density at radius 2 is 2.00 bits per heavy atom. The molecule has 2 aromatic carbocycles. The van der Waals surface area contributed by atoms with Gasteiger partial charge in [-0.1, -0.05) is 18.2 Å². The molecule has 4 heteroatoms. The first-order valence-corrected chi connectivity index (χ1v) is 10.3. The topological polar surface area (TPSA) is 36.1 Å². The molecule has 3 aromatic rings. The monoisotopic (exact) mass is 376 g/mol. The zero-order chi connectivity index (χ0) is 19.1. The highest BCUT2D eigenvalue weighted by Crippen LogP contribution is 2.35. The summed E-state index contributed by atoms with van der Waals surface area (Å²) in [7, 11) is 0. The fourth-order valence-electron chi connectivity index (χ4n) is 4.53. The Balaban J connectivity index is 1.35. The highest BCUT2D eigenvalue weighted by Gasteiger charge is 2.32. The van der Waals surface area contributed by atoms with Gasteiger partial charge in [0.15, 0.2) is 5.78 Å². The molecule has 1 atom stereocenters. The van der Waals surface area contributed by atoms with Gasteiger partial charge in [-0.3, -0.25) is 9.69 Å². The molecule has 2 fully saturated rings. The maximum atomic E-state index is 13.4. The van der Waals surface area contributed by atoms with Crippen molar-refractivity contribution in [1.29, 1.82) is 0 Å². The average Bonchev–Trinajstić information content (AvgIpc) is 3.46. The van der Waals surface area contributed by atoms with Crippen LogP contribution in [0, 0.1) is 5.82 Å². The van der Waals surface area contributed by atoms with Crippen molar-refractivity contribution in [3.05, 3.63) is 71.2 Å². The van der Waals surface area contributed by atoms with Crippen molar-refractivity contribution in [2.24, 2.45) is 0 Å². The largest absolute Gasteiger partial charge is 0.352 e. The number of benzene rings is 2. The number of hydrogen-bond acceptors (Lipinski definition) is 2. The lowest BCUT2D eigenvalue weighted by molar-refractivity contribution is 0.0989. The van der Waals surface area contributed by atoms with Crippen molar-refractivity contribution in [2.45, 2.75) is 44.1 Å².